The Balaban J connectivity index is 1.44. The van der Waals surface area contributed by atoms with E-state index in [1.54, 1.807) is 98.0 Å². The van der Waals surface area contributed by atoms with Crippen LogP contribution >= 0.6 is 0 Å². The third kappa shape index (κ3) is 5.21. The zero-order valence-electron chi connectivity index (χ0n) is 23.4. The smallest absolute Gasteiger partial charge is 0.305 e. The standard InChI is InChI=1S/C33H25N7O4/c1-38-29(34-30(41)23-16-8-3-9-17-23)27(26(37-38)22-14-6-2-7-15-22)35-36-28-31(42)39(24-18-10-4-11-19-24)33(44)40(32(28)43)25-20-12-5-13-21-25/h2-21,35H,1H3,(H,34,41). The van der Waals surface area contributed by atoms with Crippen LogP contribution in [0.15, 0.2) is 126 Å². The van der Waals surface area contributed by atoms with E-state index in [0.29, 0.717) is 16.8 Å². The van der Waals surface area contributed by atoms with Crippen LogP contribution in [0.2, 0.25) is 0 Å². The number of barbiturate groups is 1. The number of amides is 5. The molecule has 5 amide bonds. The third-order valence-corrected chi connectivity index (χ3v) is 6.86. The van der Waals surface area contributed by atoms with Gasteiger partial charge in [0.1, 0.15) is 11.4 Å². The molecular weight excluding hydrogens is 558 g/mol. The first-order chi connectivity index (χ1) is 21.4. The molecule has 2 heterocycles. The number of para-hydroxylation sites is 2. The van der Waals surface area contributed by atoms with E-state index in [4.69, 9.17) is 0 Å². The topological polar surface area (TPSA) is 129 Å². The number of nitrogens with one attached hydrogen (secondary N) is 2. The highest BCUT2D eigenvalue weighted by Gasteiger charge is 2.45. The van der Waals surface area contributed by atoms with Crippen molar-refractivity contribution in [3.63, 3.8) is 0 Å². The fourth-order valence-corrected chi connectivity index (χ4v) is 4.73. The summed E-state index contributed by atoms with van der Waals surface area (Å²) in [5.74, 6) is -1.98. The van der Waals surface area contributed by atoms with Crippen molar-refractivity contribution in [2.45, 2.75) is 0 Å². The minimum absolute atomic E-state index is 0.241. The highest BCUT2D eigenvalue weighted by atomic mass is 16.2. The zero-order chi connectivity index (χ0) is 30.6. The quantitative estimate of drug-likeness (QED) is 0.250. The summed E-state index contributed by atoms with van der Waals surface area (Å²) in [4.78, 5) is 56.0. The first kappa shape index (κ1) is 27.8. The molecule has 0 bridgehead atoms. The van der Waals surface area contributed by atoms with Gasteiger partial charge in [-0.2, -0.15) is 10.2 Å². The van der Waals surface area contributed by atoms with Gasteiger partial charge in [0.15, 0.2) is 5.82 Å². The average molecular weight is 584 g/mol. The maximum Gasteiger partial charge on any atom is 0.343 e. The molecule has 5 aromatic rings. The molecule has 0 spiro atoms. The minimum atomic E-state index is -0.911. The molecule has 1 aromatic heterocycles. The number of nitrogens with zero attached hydrogens (tertiary/aromatic N) is 5. The molecular formula is C33H25N7O4. The van der Waals surface area contributed by atoms with Crippen LogP contribution in [0.4, 0.5) is 27.7 Å². The summed E-state index contributed by atoms with van der Waals surface area (Å²) in [5, 5.41) is 11.7. The lowest BCUT2D eigenvalue weighted by Crippen LogP contribution is -2.61. The first-order valence-electron chi connectivity index (χ1n) is 13.6. The van der Waals surface area contributed by atoms with Crippen molar-refractivity contribution in [3.05, 3.63) is 127 Å². The van der Waals surface area contributed by atoms with E-state index in [0.717, 1.165) is 9.80 Å². The summed E-state index contributed by atoms with van der Waals surface area (Å²) in [5.41, 5.74) is 4.59. The molecule has 0 saturated carbocycles. The molecule has 44 heavy (non-hydrogen) atoms. The van der Waals surface area contributed by atoms with Crippen LogP contribution in [-0.2, 0) is 16.6 Å². The number of aryl methyl sites for hydroxylation is 1. The van der Waals surface area contributed by atoms with E-state index in [-0.39, 0.29) is 22.9 Å². The molecule has 11 heteroatoms. The Morgan fingerprint density at radius 2 is 1.16 bits per heavy atom. The monoisotopic (exact) mass is 583 g/mol. The molecule has 11 nitrogen and oxygen atoms in total. The number of hydrogen-bond acceptors (Lipinski definition) is 7. The van der Waals surface area contributed by atoms with E-state index in [1.807, 2.05) is 30.3 Å². The van der Waals surface area contributed by atoms with Crippen LogP contribution in [0.25, 0.3) is 11.3 Å². The number of urea groups is 1. The lowest BCUT2D eigenvalue weighted by atomic mass is 10.1. The van der Waals surface area contributed by atoms with Crippen molar-refractivity contribution < 1.29 is 19.2 Å². The van der Waals surface area contributed by atoms with Crippen LogP contribution in [0.5, 0.6) is 0 Å². The van der Waals surface area contributed by atoms with Gasteiger partial charge in [0.2, 0.25) is 5.71 Å². The maximum absolute atomic E-state index is 13.7. The van der Waals surface area contributed by atoms with Gasteiger partial charge < -0.3 is 5.32 Å². The second-order valence-corrected chi connectivity index (χ2v) is 9.69. The molecule has 0 unspecified atom stereocenters. The Bertz CT molecular complexity index is 1830. The molecule has 0 atom stereocenters. The predicted octanol–water partition coefficient (Wildman–Crippen LogP) is 5.31. The van der Waals surface area contributed by atoms with Crippen LogP contribution < -0.4 is 20.5 Å². The van der Waals surface area contributed by atoms with Gasteiger partial charge in [-0.3, -0.25) is 19.8 Å². The number of hydrazone groups is 1. The van der Waals surface area contributed by atoms with Crippen molar-refractivity contribution >= 4 is 52.3 Å². The SMILES string of the molecule is Cn1nc(-c2ccccc2)c(NN=C2C(=O)N(c3ccccc3)C(=O)N(c3ccccc3)C2=O)c1NC(=O)c1ccccc1. The second-order valence-electron chi connectivity index (χ2n) is 9.69. The molecule has 1 aliphatic rings. The van der Waals surface area contributed by atoms with Crippen molar-refractivity contribution in [2.75, 3.05) is 20.5 Å². The molecule has 4 aromatic carbocycles. The van der Waals surface area contributed by atoms with Gasteiger partial charge in [-0.1, -0.05) is 84.9 Å². The number of anilines is 4. The molecule has 2 N–H and O–H groups in total. The van der Waals surface area contributed by atoms with Crippen LogP contribution in [-0.4, -0.2) is 39.2 Å². The molecule has 6 rings (SSSR count). The summed E-state index contributed by atoms with van der Waals surface area (Å²) in [6.07, 6.45) is 0. The van der Waals surface area contributed by atoms with Crippen LogP contribution in [0.3, 0.4) is 0 Å². The summed E-state index contributed by atoms with van der Waals surface area (Å²) in [6, 6.07) is 33.5. The van der Waals surface area contributed by atoms with Crippen molar-refractivity contribution in [3.8, 4) is 11.3 Å². The summed E-state index contributed by atoms with van der Waals surface area (Å²) < 4.78 is 1.46. The van der Waals surface area contributed by atoms with E-state index in [9.17, 15) is 19.2 Å². The molecule has 0 aliphatic carbocycles. The number of carbonyl (C=O) groups is 4. The normalized spacial score (nSPS) is 13.2. The Hall–Kier alpha value is -6.36. The Morgan fingerprint density at radius 1 is 0.682 bits per heavy atom. The van der Waals surface area contributed by atoms with Gasteiger partial charge >= 0.3 is 6.03 Å². The number of aromatic nitrogens is 2. The Morgan fingerprint density at radius 3 is 1.68 bits per heavy atom. The van der Waals surface area contributed by atoms with E-state index in [2.05, 4.69) is 20.9 Å². The van der Waals surface area contributed by atoms with Gasteiger partial charge in [-0.05, 0) is 36.4 Å². The summed E-state index contributed by atoms with van der Waals surface area (Å²) in [7, 11) is 1.65. The number of benzene rings is 4. The fraction of sp³-hybridized carbons (Fsp3) is 0.0303. The maximum atomic E-state index is 13.7. The number of rotatable bonds is 7. The largest absolute Gasteiger partial charge is 0.343 e. The Labute approximate surface area is 252 Å². The molecule has 1 fully saturated rings. The molecule has 1 aliphatic heterocycles. The van der Waals surface area contributed by atoms with Gasteiger partial charge in [-0.25, -0.2) is 19.3 Å². The van der Waals surface area contributed by atoms with Gasteiger partial charge in [0, 0.05) is 18.2 Å². The van der Waals surface area contributed by atoms with Gasteiger partial charge in [0.25, 0.3) is 17.7 Å². The minimum Gasteiger partial charge on any atom is -0.305 e. The Kier molecular flexibility index (Phi) is 7.49. The van der Waals surface area contributed by atoms with E-state index < -0.39 is 29.5 Å². The summed E-state index contributed by atoms with van der Waals surface area (Å²) >= 11 is 0. The third-order valence-electron chi connectivity index (χ3n) is 6.86. The van der Waals surface area contributed by atoms with E-state index >= 15 is 0 Å². The number of hydrogen-bond donors (Lipinski definition) is 2. The van der Waals surface area contributed by atoms with Gasteiger partial charge in [-0.15, -0.1) is 0 Å². The number of imide groups is 2. The van der Waals surface area contributed by atoms with Crippen LogP contribution in [0.1, 0.15) is 10.4 Å². The average Bonchev–Trinajstić information content (AvgIpc) is 3.37. The molecule has 1 saturated heterocycles. The molecule has 216 valence electrons. The second kappa shape index (κ2) is 11.9. The van der Waals surface area contributed by atoms with Crippen molar-refractivity contribution in [1.82, 2.24) is 9.78 Å². The zero-order valence-corrected chi connectivity index (χ0v) is 23.4. The lowest BCUT2D eigenvalue weighted by Gasteiger charge is -2.33. The molecule has 0 radical (unpaired) electrons. The number of carbonyl (C=O) groups excluding carboxylic acids is 4. The van der Waals surface area contributed by atoms with Crippen molar-refractivity contribution in [1.29, 1.82) is 0 Å². The summed E-state index contributed by atoms with van der Waals surface area (Å²) in [6.45, 7) is 0. The van der Waals surface area contributed by atoms with E-state index in [1.165, 1.54) is 4.68 Å². The predicted molar refractivity (Wildman–Crippen MR) is 167 cm³/mol. The fourth-order valence-electron chi connectivity index (χ4n) is 4.73. The van der Waals surface area contributed by atoms with Gasteiger partial charge in [0.05, 0.1) is 11.4 Å². The van der Waals surface area contributed by atoms with Crippen molar-refractivity contribution in [2.24, 2.45) is 12.1 Å². The highest BCUT2D eigenvalue weighted by Crippen LogP contribution is 2.34. The lowest BCUT2D eigenvalue weighted by molar-refractivity contribution is -0.116. The first-order valence-corrected chi connectivity index (χ1v) is 13.6. The van der Waals surface area contributed by atoms with Crippen LogP contribution in [0, 0.1) is 0 Å². The highest BCUT2D eigenvalue weighted by molar-refractivity contribution is 6.76.